The molecule has 0 unspecified atom stereocenters. The van der Waals surface area contributed by atoms with Crippen molar-refractivity contribution < 1.29 is 0 Å². The van der Waals surface area contributed by atoms with Gasteiger partial charge in [0.05, 0.1) is 27.8 Å². The molecule has 0 saturated carbocycles. The number of nitrogens with zero attached hydrogens (tertiary/aromatic N) is 2. The van der Waals surface area contributed by atoms with Crippen LogP contribution in [0.25, 0.3) is 77.2 Å². The summed E-state index contributed by atoms with van der Waals surface area (Å²) >= 11 is 0. The van der Waals surface area contributed by atoms with Gasteiger partial charge in [0.15, 0.2) is 0 Å². The molecule has 1 aliphatic rings. The van der Waals surface area contributed by atoms with E-state index in [4.69, 9.17) is 0 Å². The van der Waals surface area contributed by atoms with E-state index < -0.39 is 0 Å². The quantitative estimate of drug-likeness (QED) is 0.191. The van der Waals surface area contributed by atoms with Crippen molar-refractivity contribution in [1.29, 1.82) is 0 Å². The van der Waals surface area contributed by atoms with Crippen molar-refractivity contribution >= 4 is 43.6 Å². The maximum Gasteiger partial charge on any atom is 0.0562 e. The van der Waals surface area contributed by atoms with Crippen molar-refractivity contribution in [2.24, 2.45) is 0 Å². The van der Waals surface area contributed by atoms with Crippen molar-refractivity contribution in [1.82, 2.24) is 9.13 Å². The molecule has 2 nitrogen and oxygen atoms in total. The molecule has 222 valence electrons. The molecule has 0 amide bonds. The number of aromatic nitrogens is 2. The molecule has 1 aliphatic carbocycles. The molecule has 0 spiro atoms. The Labute approximate surface area is 273 Å². The fraction of sp³-hybridized carbons (Fsp3) is 0.0667. The average Bonchev–Trinajstić information content (AvgIpc) is 3.71. The van der Waals surface area contributed by atoms with Crippen LogP contribution in [0.15, 0.2) is 158 Å². The van der Waals surface area contributed by atoms with Crippen LogP contribution >= 0.6 is 0 Å². The molecule has 0 N–H and O–H groups in total. The number of fused-ring (bicyclic) bond motifs is 9. The van der Waals surface area contributed by atoms with Gasteiger partial charge in [0.1, 0.15) is 0 Å². The smallest absolute Gasteiger partial charge is 0.0562 e. The lowest BCUT2D eigenvalue weighted by Crippen LogP contribution is -2.14. The fourth-order valence-electron chi connectivity index (χ4n) is 8.32. The molecule has 0 bridgehead atoms. The van der Waals surface area contributed by atoms with Gasteiger partial charge >= 0.3 is 0 Å². The van der Waals surface area contributed by atoms with Gasteiger partial charge < -0.3 is 9.13 Å². The Bertz CT molecular complexity index is 2680. The van der Waals surface area contributed by atoms with E-state index in [1.165, 1.54) is 82.7 Å². The van der Waals surface area contributed by atoms with Crippen LogP contribution in [0.2, 0.25) is 0 Å². The van der Waals surface area contributed by atoms with Gasteiger partial charge in [-0.2, -0.15) is 0 Å². The summed E-state index contributed by atoms with van der Waals surface area (Å²) in [7, 11) is 0. The molecule has 47 heavy (non-hydrogen) atoms. The first-order valence-corrected chi connectivity index (χ1v) is 16.5. The van der Waals surface area contributed by atoms with E-state index in [2.05, 4.69) is 181 Å². The summed E-state index contributed by atoms with van der Waals surface area (Å²) < 4.78 is 4.95. The Morgan fingerprint density at radius 3 is 1.72 bits per heavy atom. The third-order valence-electron chi connectivity index (χ3n) is 10.5. The Morgan fingerprint density at radius 1 is 0.404 bits per heavy atom. The van der Waals surface area contributed by atoms with Crippen LogP contribution in [-0.2, 0) is 5.41 Å². The number of benzene rings is 7. The summed E-state index contributed by atoms with van der Waals surface area (Å²) in [6.45, 7) is 4.72. The Hall–Kier alpha value is -5.86. The van der Waals surface area contributed by atoms with Gasteiger partial charge in [0.25, 0.3) is 0 Å². The molecule has 2 heterocycles. The van der Waals surface area contributed by atoms with Crippen LogP contribution in [-0.4, -0.2) is 9.13 Å². The second-order valence-electron chi connectivity index (χ2n) is 13.4. The van der Waals surface area contributed by atoms with Crippen molar-refractivity contribution in [2.45, 2.75) is 19.3 Å². The monoisotopic (exact) mass is 600 g/mol. The molecule has 0 fully saturated rings. The first-order chi connectivity index (χ1) is 23.1. The zero-order chi connectivity index (χ0) is 31.3. The molecule has 0 aliphatic heterocycles. The molecule has 2 heteroatoms. The largest absolute Gasteiger partial charge is 0.309 e. The third-order valence-corrected chi connectivity index (χ3v) is 10.5. The highest BCUT2D eigenvalue weighted by atomic mass is 15.0. The van der Waals surface area contributed by atoms with Crippen LogP contribution in [0.1, 0.15) is 25.0 Å². The summed E-state index contributed by atoms with van der Waals surface area (Å²) in [6, 6.07) is 58.0. The van der Waals surface area contributed by atoms with Crippen LogP contribution in [0.3, 0.4) is 0 Å². The maximum absolute atomic E-state index is 2.52. The minimum Gasteiger partial charge on any atom is -0.309 e. The minimum atomic E-state index is -0.0632. The summed E-state index contributed by atoms with van der Waals surface area (Å²) in [5.41, 5.74) is 15.1. The molecule has 2 aromatic heterocycles. The summed E-state index contributed by atoms with van der Waals surface area (Å²) in [5.74, 6) is 0. The molecular formula is C45H32N2. The average molecular weight is 601 g/mol. The van der Waals surface area contributed by atoms with E-state index in [0.717, 1.165) is 5.69 Å². The van der Waals surface area contributed by atoms with E-state index >= 15 is 0 Å². The van der Waals surface area contributed by atoms with Crippen molar-refractivity contribution in [3.63, 3.8) is 0 Å². The molecule has 7 aromatic carbocycles. The Kier molecular flexibility index (Phi) is 5.37. The first kappa shape index (κ1) is 26.4. The normalized spacial score (nSPS) is 13.5. The molecule has 0 atom stereocenters. The van der Waals surface area contributed by atoms with E-state index in [0.29, 0.717) is 0 Å². The summed E-state index contributed by atoms with van der Waals surface area (Å²) in [5, 5.41) is 5.09. The van der Waals surface area contributed by atoms with Gasteiger partial charge in [-0.25, -0.2) is 0 Å². The topological polar surface area (TPSA) is 9.86 Å². The number of rotatable bonds is 3. The second-order valence-corrected chi connectivity index (χ2v) is 13.4. The maximum atomic E-state index is 2.52. The van der Waals surface area contributed by atoms with Crippen LogP contribution in [0, 0.1) is 0 Å². The first-order valence-electron chi connectivity index (χ1n) is 16.5. The summed E-state index contributed by atoms with van der Waals surface area (Å²) in [4.78, 5) is 0. The fourth-order valence-corrected chi connectivity index (χ4v) is 8.32. The van der Waals surface area contributed by atoms with Crippen LogP contribution < -0.4 is 0 Å². The zero-order valence-electron chi connectivity index (χ0n) is 26.4. The number of hydrogen-bond acceptors (Lipinski definition) is 0. The Balaban J connectivity index is 1.29. The molecule has 10 rings (SSSR count). The van der Waals surface area contributed by atoms with Gasteiger partial charge in [0, 0.05) is 38.2 Å². The lowest BCUT2D eigenvalue weighted by Gasteiger charge is -2.22. The third kappa shape index (κ3) is 3.61. The van der Waals surface area contributed by atoms with Crippen molar-refractivity contribution in [3.05, 3.63) is 169 Å². The predicted octanol–water partition coefficient (Wildman–Crippen LogP) is 11.9. The number of para-hydroxylation sites is 2. The van der Waals surface area contributed by atoms with Gasteiger partial charge in [-0.05, 0) is 70.3 Å². The zero-order valence-corrected chi connectivity index (χ0v) is 26.4. The predicted molar refractivity (Wildman–Crippen MR) is 198 cm³/mol. The van der Waals surface area contributed by atoms with Gasteiger partial charge in [-0.1, -0.05) is 129 Å². The lowest BCUT2D eigenvalue weighted by molar-refractivity contribution is 0.660. The molecule has 0 saturated heterocycles. The van der Waals surface area contributed by atoms with Gasteiger partial charge in [0.2, 0.25) is 0 Å². The van der Waals surface area contributed by atoms with Crippen molar-refractivity contribution in [3.8, 4) is 33.6 Å². The summed E-state index contributed by atoms with van der Waals surface area (Å²) in [6.07, 6.45) is 0. The van der Waals surface area contributed by atoms with E-state index in [1.807, 2.05) is 0 Å². The second kappa shape index (κ2) is 9.57. The Morgan fingerprint density at radius 2 is 0.979 bits per heavy atom. The number of hydrogen-bond donors (Lipinski definition) is 0. The molecule has 9 aromatic rings. The molecule has 0 radical (unpaired) electrons. The van der Waals surface area contributed by atoms with Crippen molar-refractivity contribution in [2.75, 3.05) is 0 Å². The SMILES string of the molecule is CC1(C)c2ccccc2-c2c(-n3c4ccccc4c4cc5c6ccccc6n(-c6ccc(-c7ccccc7)cc6)c5cc43)cccc21. The highest BCUT2D eigenvalue weighted by Gasteiger charge is 2.37. The van der Waals surface area contributed by atoms with E-state index in [9.17, 15) is 0 Å². The lowest BCUT2D eigenvalue weighted by atomic mass is 9.82. The highest BCUT2D eigenvalue weighted by Crippen LogP contribution is 2.52. The highest BCUT2D eigenvalue weighted by molar-refractivity contribution is 6.19. The standard InChI is InChI=1S/C45H32N2/c1-45(2)37-18-9-6-17-34(37)44-38(45)19-12-22-41(44)47-40-21-11-8-16-33(40)36-27-35-32-15-7-10-20-39(32)46(42(35)28-43(36)47)31-25-23-30(24-26-31)29-13-4-3-5-14-29/h3-28H,1-2H3. The minimum absolute atomic E-state index is 0.0632. The molecular weight excluding hydrogens is 569 g/mol. The van der Waals surface area contributed by atoms with Crippen LogP contribution in [0.5, 0.6) is 0 Å². The van der Waals surface area contributed by atoms with E-state index in [-0.39, 0.29) is 5.41 Å². The van der Waals surface area contributed by atoms with Gasteiger partial charge in [-0.15, -0.1) is 0 Å². The van der Waals surface area contributed by atoms with E-state index in [1.54, 1.807) is 0 Å². The van der Waals surface area contributed by atoms with Crippen LogP contribution in [0.4, 0.5) is 0 Å². The van der Waals surface area contributed by atoms with Gasteiger partial charge in [-0.3, -0.25) is 0 Å².